The van der Waals surface area contributed by atoms with Gasteiger partial charge in [-0.05, 0) is 60.4 Å². The number of hydrogen-bond acceptors (Lipinski definition) is 7. The summed E-state index contributed by atoms with van der Waals surface area (Å²) in [7, 11) is 0. The number of rotatable bonds is 5. The molecule has 43 heavy (non-hydrogen) atoms. The highest BCUT2D eigenvalue weighted by atomic mass is 35.5. The van der Waals surface area contributed by atoms with Crippen molar-refractivity contribution in [1.29, 1.82) is 0 Å². The first kappa shape index (κ1) is 27.6. The molecule has 0 radical (unpaired) electrons. The number of nitrogens with two attached hydrogens (primary N) is 1. The Morgan fingerprint density at radius 3 is 2.51 bits per heavy atom. The minimum Gasteiger partial charge on any atom is -0.382 e. The molecular weight excluding hydrogens is 565 g/mol. The molecule has 6 aromatic rings. The predicted molar refractivity (Wildman–Crippen MR) is 166 cm³/mol. The molecule has 210 valence electrons. The van der Waals surface area contributed by atoms with Crippen molar-refractivity contribution in [2.45, 2.75) is 13.0 Å². The highest BCUT2D eigenvalue weighted by Gasteiger charge is 2.21. The third-order valence-electron chi connectivity index (χ3n) is 6.74. The molecule has 0 fully saturated rings. The highest BCUT2D eigenvalue weighted by Crippen LogP contribution is 2.28. The molecule has 0 aliphatic heterocycles. The molecule has 3 N–H and O–H groups in total. The molecule has 0 amide bonds. The van der Waals surface area contributed by atoms with Gasteiger partial charge >= 0.3 is 0 Å². The summed E-state index contributed by atoms with van der Waals surface area (Å²) < 4.78 is 14.8. The lowest BCUT2D eigenvalue weighted by atomic mass is 10.0. The average Bonchev–Trinajstić information content (AvgIpc) is 3.02. The van der Waals surface area contributed by atoms with E-state index in [0.29, 0.717) is 44.5 Å². The third kappa shape index (κ3) is 5.64. The number of nitrogens with zero attached hydrogens (tertiary/aromatic N) is 5. The van der Waals surface area contributed by atoms with Gasteiger partial charge in [0.1, 0.15) is 40.9 Å². The molecule has 0 saturated heterocycles. The van der Waals surface area contributed by atoms with E-state index in [2.05, 4.69) is 32.1 Å². The Labute approximate surface area is 251 Å². The number of nitrogens with one attached hydrogen (secondary N) is 1. The lowest BCUT2D eigenvalue weighted by Gasteiger charge is -2.21. The Bertz CT molecular complexity index is 2090. The van der Waals surface area contributed by atoms with Gasteiger partial charge in [0.05, 0.1) is 33.9 Å². The zero-order chi connectivity index (χ0) is 29.9. The lowest BCUT2D eigenvalue weighted by molar-refractivity contribution is 0.621. The van der Waals surface area contributed by atoms with Gasteiger partial charge in [-0.1, -0.05) is 66.1 Å². The molecule has 3 aromatic carbocycles. The predicted octanol–water partition coefficient (Wildman–Crippen LogP) is 6.19. The van der Waals surface area contributed by atoms with E-state index in [1.807, 2.05) is 61.5 Å². The number of halogens is 2. The van der Waals surface area contributed by atoms with Crippen molar-refractivity contribution in [1.82, 2.24) is 24.5 Å². The number of aromatic nitrogens is 5. The number of benzene rings is 3. The van der Waals surface area contributed by atoms with Crippen LogP contribution < -0.4 is 16.6 Å². The largest absolute Gasteiger partial charge is 0.382 e. The summed E-state index contributed by atoms with van der Waals surface area (Å²) in [5.74, 6) is 6.24. The van der Waals surface area contributed by atoms with Crippen molar-refractivity contribution >= 4 is 34.1 Å². The lowest BCUT2D eigenvalue weighted by Crippen LogP contribution is -2.28. The van der Waals surface area contributed by atoms with Gasteiger partial charge in [0.2, 0.25) is 0 Å². The van der Waals surface area contributed by atoms with E-state index in [4.69, 9.17) is 22.3 Å². The molecule has 3 heterocycles. The van der Waals surface area contributed by atoms with Crippen LogP contribution in [0.15, 0.2) is 102 Å². The van der Waals surface area contributed by atoms with Gasteiger partial charge in [-0.2, -0.15) is 0 Å². The fourth-order valence-electron chi connectivity index (χ4n) is 4.68. The molecule has 6 rings (SSSR count). The Morgan fingerprint density at radius 2 is 1.72 bits per heavy atom. The van der Waals surface area contributed by atoms with Crippen LogP contribution in [0.5, 0.6) is 0 Å². The molecule has 0 spiro atoms. The Hall–Kier alpha value is -5.59. The van der Waals surface area contributed by atoms with Crippen molar-refractivity contribution < 1.29 is 4.39 Å². The van der Waals surface area contributed by atoms with Gasteiger partial charge in [-0.3, -0.25) is 9.36 Å². The highest BCUT2D eigenvalue weighted by molar-refractivity contribution is 6.35. The fraction of sp³-hybridized carbons (Fsp3) is 0.0606. The van der Waals surface area contributed by atoms with E-state index in [0.717, 1.165) is 17.3 Å². The van der Waals surface area contributed by atoms with Gasteiger partial charge in [0.25, 0.3) is 5.56 Å². The van der Waals surface area contributed by atoms with Gasteiger partial charge in [0, 0.05) is 0 Å². The maximum absolute atomic E-state index is 14.1. The van der Waals surface area contributed by atoms with Crippen LogP contribution in [0.3, 0.4) is 0 Å². The molecule has 0 bridgehead atoms. The van der Waals surface area contributed by atoms with Crippen LogP contribution in [-0.2, 0) is 0 Å². The molecular formula is C33H23ClFN7O. The summed E-state index contributed by atoms with van der Waals surface area (Å²) >= 11 is 6.50. The minimum absolute atomic E-state index is 0.144. The second kappa shape index (κ2) is 11.7. The summed E-state index contributed by atoms with van der Waals surface area (Å²) in [4.78, 5) is 31.4. The molecule has 0 aliphatic carbocycles. The molecule has 0 aliphatic rings. The summed E-state index contributed by atoms with van der Waals surface area (Å²) in [5.41, 5.74) is 9.56. The standard InChI is InChI=1S/C33H23ClFN7O/c1-20(40-31-26(30(36)38-19-39-31)16-15-24-14-13-23(35)18-37-24)32-41-28-12-6-11-27(34)29(28)33(43)42(32)25-10-5-9-22(17-25)21-7-3-2-4-8-21/h2-14,17-20H,1H3,(H3,36,38,39,40). The van der Waals surface area contributed by atoms with Crippen molar-refractivity contribution in [2.75, 3.05) is 11.1 Å². The number of fused-ring (bicyclic) bond motifs is 1. The number of pyridine rings is 1. The Kier molecular flexibility index (Phi) is 7.52. The normalized spacial score (nSPS) is 11.5. The van der Waals surface area contributed by atoms with E-state index in [1.165, 1.54) is 18.5 Å². The van der Waals surface area contributed by atoms with Crippen LogP contribution in [0, 0.1) is 17.7 Å². The van der Waals surface area contributed by atoms with Gasteiger partial charge in [-0.15, -0.1) is 0 Å². The number of nitrogen functional groups attached to an aromatic ring is 1. The van der Waals surface area contributed by atoms with Crippen molar-refractivity contribution in [2.24, 2.45) is 0 Å². The van der Waals surface area contributed by atoms with Crippen LogP contribution in [0.4, 0.5) is 16.0 Å². The third-order valence-corrected chi connectivity index (χ3v) is 7.06. The SMILES string of the molecule is CC(Nc1ncnc(N)c1C#Cc1ccc(F)cn1)c1nc2cccc(Cl)c2c(=O)n1-c1cccc(-c2ccccc2)c1. The van der Waals surface area contributed by atoms with Gasteiger partial charge < -0.3 is 11.1 Å². The molecule has 1 unspecified atom stereocenters. The number of hydrogen-bond donors (Lipinski definition) is 2. The topological polar surface area (TPSA) is 112 Å². The molecule has 8 nitrogen and oxygen atoms in total. The van der Waals surface area contributed by atoms with Crippen molar-refractivity contribution in [3.8, 4) is 28.7 Å². The zero-order valence-corrected chi connectivity index (χ0v) is 23.5. The number of anilines is 2. The van der Waals surface area contributed by atoms with E-state index in [9.17, 15) is 9.18 Å². The average molecular weight is 588 g/mol. The summed E-state index contributed by atoms with van der Waals surface area (Å²) in [6, 6.07) is 24.9. The Balaban J connectivity index is 1.47. The quantitative estimate of drug-likeness (QED) is 0.231. The van der Waals surface area contributed by atoms with E-state index in [-0.39, 0.29) is 11.4 Å². The first-order valence-corrected chi connectivity index (χ1v) is 13.6. The van der Waals surface area contributed by atoms with Crippen LogP contribution in [0.2, 0.25) is 5.02 Å². The molecule has 0 saturated carbocycles. The summed E-state index contributed by atoms with van der Waals surface area (Å²) in [6.07, 6.45) is 2.40. The van der Waals surface area contributed by atoms with E-state index >= 15 is 0 Å². The van der Waals surface area contributed by atoms with E-state index in [1.54, 1.807) is 22.8 Å². The first-order valence-electron chi connectivity index (χ1n) is 13.3. The second-order valence-corrected chi connectivity index (χ2v) is 10.0. The molecule has 10 heteroatoms. The van der Waals surface area contributed by atoms with Gasteiger partial charge in [-0.25, -0.2) is 24.3 Å². The fourth-order valence-corrected chi connectivity index (χ4v) is 4.93. The van der Waals surface area contributed by atoms with Gasteiger partial charge in [0.15, 0.2) is 0 Å². The Morgan fingerprint density at radius 1 is 0.930 bits per heavy atom. The monoisotopic (exact) mass is 587 g/mol. The molecule has 3 aromatic heterocycles. The summed E-state index contributed by atoms with van der Waals surface area (Å²) in [6.45, 7) is 1.85. The van der Waals surface area contributed by atoms with Crippen LogP contribution >= 0.6 is 11.6 Å². The van der Waals surface area contributed by atoms with Crippen LogP contribution in [-0.4, -0.2) is 24.5 Å². The smallest absolute Gasteiger partial charge is 0.267 e. The maximum Gasteiger partial charge on any atom is 0.267 e. The van der Waals surface area contributed by atoms with Crippen molar-refractivity contribution in [3.63, 3.8) is 0 Å². The van der Waals surface area contributed by atoms with Crippen LogP contribution in [0.25, 0.3) is 27.7 Å². The molecule has 1 atom stereocenters. The second-order valence-electron chi connectivity index (χ2n) is 9.62. The van der Waals surface area contributed by atoms with E-state index < -0.39 is 11.9 Å². The van der Waals surface area contributed by atoms with Crippen molar-refractivity contribution in [3.05, 3.63) is 136 Å². The van der Waals surface area contributed by atoms with Crippen LogP contribution in [0.1, 0.15) is 30.0 Å². The minimum atomic E-state index is -0.560. The maximum atomic E-state index is 14.1. The zero-order valence-electron chi connectivity index (χ0n) is 22.8. The summed E-state index contributed by atoms with van der Waals surface area (Å²) in [5, 5.41) is 3.93. The first-order chi connectivity index (χ1) is 20.9.